The molecule has 0 unspecified atom stereocenters. The van der Waals surface area contributed by atoms with Gasteiger partial charge in [-0.25, -0.2) is 4.98 Å². The van der Waals surface area contributed by atoms with E-state index in [0.29, 0.717) is 5.95 Å². The van der Waals surface area contributed by atoms with Crippen LogP contribution in [0.1, 0.15) is 32.1 Å². The second-order valence-electron chi connectivity index (χ2n) is 5.91. The second kappa shape index (κ2) is 8.34. The molecule has 1 aliphatic rings. The Bertz CT molecular complexity index is 699. The van der Waals surface area contributed by atoms with E-state index in [1.807, 2.05) is 30.3 Å². The van der Waals surface area contributed by atoms with Gasteiger partial charge >= 0.3 is 0 Å². The minimum atomic E-state index is 0.574. The van der Waals surface area contributed by atoms with Crippen LogP contribution in [0, 0.1) is 0 Å². The number of aromatic nitrogens is 2. The van der Waals surface area contributed by atoms with E-state index in [4.69, 9.17) is 4.74 Å². The molecule has 3 rings (SSSR count). The Labute approximate surface area is 143 Å². The number of hydrogen-bond acceptors (Lipinski definition) is 5. The normalized spacial score (nSPS) is 14.0. The zero-order chi connectivity index (χ0) is 16.6. The predicted molar refractivity (Wildman–Crippen MR) is 98.0 cm³/mol. The second-order valence-corrected chi connectivity index (χ2v) is 5.91. The van der Waals surface area contributed by atoms with Gasteiger partial charge < -0.3 is 15.4 Å². The number of ether oxygens (including phenoxy) is 1. The molecule has 1 aromatic carbocycles. The summed E-state index contributed by atoms with van der Waals surface area (Å²) in [6.07, 6.45) is 10.4. The smallest absolute Gasteiger partial charge is 0.229 e. The van der Waals surface area contributed by atoms with Gasteiger partial charge in [0.2, 0.25) is 5.95 Å². The summed E-state index contributed by atoms with van der Waals surface area (Å²) in [5, 5.41) is 6.59. The van der Waals surface area contributed by atoms with Crippen LogP contribution < -0.4 is 15.4 Å². The van der Waals surface area contributed by atoms with Crippen LogP contribution in [0.2, 0.25) is 0 Å². The molecule has 0 saturated carbocycles. The molecule has 0 bridgehead atoms. The molecule has 5 heteroatoms. The Morgan fingerprint density at radius 1 is 1.21 bits per heavy atom. The lowest BCUT2D eigenvalue weighted by molar-refractivity contribution is 0.415. The highest BCUT2D eigenvalue weighted by Crippen LogP contribution is 2.21. The summed E-state index contributed by atoms with van der Waals surface area (Å²) in [5.74, 6) is 2.21. The van der Waals surface area contributed by atoms with Gasteiger partial charge in [-0.3, -0.25) is 0 Å². The van der Waals surface area contributed by atoms with Crippen LogP contribution in [0.5, 0.6) is 5.75 Å². The van der Waals surface area contributed by atoms with Crippen molar-refractivity contribution >= 4 is 17.5 Å². The maximum Gasteiger partial charge on any atom is 0.229 e. The van der Waals surface area contributed by atoms with Crippen molar-refractivity contribution in [2.24, 2.45) is 0 Å². The van der Waals surface area contributed by atoms with Crippen LogP contribution in [0.3, 0.4) is 0 Å². The van der Waals surface area contributed by atoms with E-state index in [2.05, 4.69) is 26.7 Å². The van der Waals surface area contributed by atoms with Gasteiger partial charge in [-0.2, -0.15) is 4.98 Å². The highest BCUT2D eigenvalue weighted by atomic mass is 16.5. The molecule has 0 amide bonds. The Kier molecular flexibility index (Phi) is 5.66. The molecule has 0 spiro atoms. The first-order valence-electron chi connectivity index (χ1n) is 8.49. The SMILES string of the molecule is COc1cccc(Nc2nccc(NCCC3=CCCCC3)n2)c1. The molecule has 0 aliphatic heterocycles. The number of allylic oxidation sites excluding steroid dienone is 1. The van der Waals surface area contributed by atoms with E-state index < -0.39 is 0 Å². The van der Waals surface area contributed by atoms with Gasteiger partial charge in [-0.1, -0.05) is 17.7 Å². The number of nitrogens with one attached hydrogen (secondary N) is 2. The largest absolute Gasteiger partial charge is 0.497 e. The van der Waals surface area contributed by atoms with Gasteiger partial charge in [0.05, 0.1) is 7.11 Å². The Morgan fingerprint density at radius 3 is 3.00 bits per heavy atom. The van der Waals surface area contributed by atoms with Crippen LogP contribution in [-0.4, -0.2) is 23.6 Å². The van der Waals surface area contributed by atoms with Crippen molar-refractivity contribution in [1.82, 2.24) is 9.97 Å². The number of methoxy groups -OCH3 is 1. The third-order valence-electron chi connectivity index (χ3n) is 4.12. The molecule has 2 N–H and O–H groups in total. The summed E-state index contributed by atoms with van der Waals surface area (Å²) in [5.41, 5.74) is 2.47. The quantitative estimate of drug-likeness (QED) is 0.733. The maximum atomic E-state index is 5.23. The van der Waals surface area contributed by atoms with Gasteiger partial charge in [0.15, 0.2) is 0 Å². The molecule has 1 aliphatic carbocycles. The lowest BCUT2D eigenvalue weighted by Gasteiger charge is -2.13. The van der Waals surface area contributed by atoms with Crippen molar-refractivity contribution in [3.8, 4) is 5.75 Å². The fourth-order valence-electron chi connectivity index (χ4n) is 2.83. The molecule has 126 valence electrons. The van der Waals surface area contributed by atoms with Crippen molar-refractivity contribution in [2.75, 3.05) is 24.3 Å². The van der Waals surface area contributed by atoms with E-state index in [1.54, 1.807) is 18.9 Å². The topological polar surface area (TPSA) is 59.1 Å². The van der Waals surface area contributed by atoms with Gasteiger partial charge in [-0.05, 0) is 50.3 Å². The number of benzene rings is 1. The van der Waals surface area contributed by atoms with Crippen LogP contribution >= 0.6 is 0 Å². The van der Waals surface area contributed by atoms with Crippen LogP contribution in [-0.2, 0) is 0 Å². The molecule has 0 saturated heterocycles. The highest BCUT2D eigenvalue weighted by Gasteiger charge is 2.04. The summed E-state index contributed by atoms with van der Waals surface area (Å²) in [6, 6.07) is 9.61. The molecule has 5 nitrogen and oxygen atoms in total. The first-order valence-corrected chi connectivity index (χ1v) is 8.49. The zero-order valence-corrected chi connectivity index (χ0v) is 14.1. The van der Waals surface area contributed by atoms with E-state index >= 15 is 0 Å². The van der Waals surface area contributed by atoms with Crippen molar-refractivity contribution in [2.45, 2.75) is 32.1 Å². The predicted octanol–water partition coefficient (Wildman–Crippen LogP) is 4.53. The molecule has 1 heterocycles. The summed E-state index contributed by atoms with van der Waals surface area (Å²) in [4.78, 5) is 8.79. The van der Waals surface area contributed by atoms with Crippen LogP contribution in [0.4, 0.5) is 17.5 Å². The van der Waals surface area contributed by atoms with E-state index in [-0.39, 0.29) is 0 Å². The molecule has 1 aromatic heterocycles. The van der Waals surface area contributed by atoms with E-state index in [9.17, 15) is 0 Å². The molecule has 0 fully saturated rings. The van der Waals surface area contributed by atoms with Crippen molar-refractivity contribution in [1.29, 1.82) is 0 Å². The average molecular weight is 324 g/mol. The lowest BCUT2D eigenvalue weighted by atomic mass is 9.97. The summed E-state index contributed by atoms with van der Waals surface area (Å²) >= 11 is 0. The Balaban J connectivity index is 1.56. The van der Waals surface area contributed by atoms with Crippen molar-refractivity contribution < 1.29 is 4.74 Å². The van der Waals surface area contributed by atoms with Gasteiger partial charge in [0, 0.05) is 24.5 Å². The average Bonchev–Trinajstić information content (AvgIpc) is 2.63. The van der Waals surface area contributed by atoms with Crippen LogP contribution in [0.15, 0.2) is 48.2 Å². The minimum Gasteiger partial charge on any atom is -0.497 e. The fourth-order valence-corrected chi connectivity index (χ4v) is 2.83. The van der Waals surface area contributed by atoms with Crippen molar-refractivity contribution in [3.63, 3.8) is 0 Å². The molecule has 0 radical (unpaired) electrons. The number of anilines is 3. The monoisotopic (exact) mass is 324 g/mol. The zero-order valence-electron chi connectivity index (χ0n) is 14.1. The first kappa shape index (κ1) is 16.3. The molecular weight excluding hydrogens is 300 g/mol. The molecule has 2 aromatic rings. The van der Waals surface area contributed by atoms with Gasteiger partial charge in [0.25, 0.3) is 0 Å². The van der Waals surface area contributed by atoms with Gasteiger partial charge in [-0.15, -0.1) is 0 Å². The Morgan fingerprint density at radius 2 is 2.17 bits per heavy atom. The standard InChI is InChI=1S/C19H24N4O/c1-24-17-9-5-8-16(14-17)22-19-21-13-11-18(23-19)20-12-10-15-6-3-2-4-7-15/h5-6,8-9,11,13-14H,2-4,7,10,12H2,1H3,(H2,20,21,22,23). The summed E-state index contributed by atoms with van der Waals surface area (Å²) in [7, 11) is 1.65. The van der Waals surface area contributed by atoms with E-state index in [0.717, 1.165) is 30.2 Å². The molecule has 0 atom stereocenters. The van der Waals surface area contributed by atoms with Crippen LogP contribution in [0.25, 0.3) is 0 Å². The summed E-state index contributed by atoms with van der Waals surface area (Å²) in [6.45, 7) is 0.904. The third-order valence-corrected chi connectivity index (χ3v) is 4.12. The number of hydrogen-bond donors (Lipinski definition) is 2. The summed E-state index contributed by atoms with van der Waals surface area (Å²) < 4.78 is 5.23. The molecule has 24 heavy (non-hydrogen) atoms. The van der Waals surface area contributed by atoms with E-state index in [1.165, 1.54) is 25.7 Å². The first-order chi connectivity index (χ1) is 11.8. The minimum absolute atomic E-state index is 0.574. The van der Waals surface area contributed by atoms with Crippen molar-refractivity contribution in [3.05, 3.63) is 48.2 Å². The van der Waals surface area contributed by atoms with Gasteiger partial charge in [0.1, 0.15) is 11.6 Å². The number of rotatable bonds is 7. The third kappa shape index (κ3) is 4.72. The fraction of sp³-hybridized carbons (Fsp3) is 0.368. The number of nitrogens with zero attached hydrogens (tertiary/aromatic N) is 2. The Hall–Kier alpha value is -2.56. The highest BCUT2D eigenvalue weighted by molar-refractivity contribution is 5.56. The molecular formula is C19H24N4O. The lowest BCUT2D eigenvalue weighted by Crippen LogP contribution is -2.07. The maximum absolute atomic E-state index is 5.23.